The maximum Gasteiger partial charge on any atom is 0.225 e. The molecule has 4 unspecified atom stereocenters. The molecule has 130 valence electrons. The number of nitrogens with zero attached hydrogens (tertiary/aromatic N) is 2. The average molecular weight is 319 g/mol. The molecular weight excluding hydrogens is 286 g/mol. The van der Waals surface area contributed by atoms with E-state index in [2.05, 4.69) is 15.1 Å². The van der Waals surface area contributed by atoms with Crippen molar-refractivity contribution < 1.29 is 4.79 Å². The zero-order valence-electron chi connectivity index (χ0n) is 14.5. The van der Waals surface area contributed by atoms with Crippen LogP contribution in [0.3, 0.4) is 0 Å². The van der Waals surface area contributed by atoms with Crippen molar-refractivity contribution in [2.24, 2.45) is 17.8 Å². The lowest BCUT2D eigenvalue weighted by atomic mass is 9.67. The highest BCUT2D eigenvalue weighted by atomic mass is 16.2. The number of carbonyl (C=O) groups is 1. The number of hydrogen-bond acceptors (Lipinski definition) is 3. The molecule has 4 rings (SSSR count). The molecule has 2 aliphatic carbocycles. The monoisotopic (exact) mass is 319 g/mol. The molecule has 1 N–H and O–H groups in total. The number of carbonyl (C=O) groups excluding carboxylic acids is 1. The van der Waals surface area contributed by atoms with Crippen molar-refractivity contribution in [2.75, 3.05) is 39.3 Å². The molecular formula is C19H33N3O. The van der Waals surface area contributed by atoms with Crippen molar-refractivity contribution >= 4 is 5.91 Å². The molecule has 2 heterocycles. The minimum Gasteiger partial charge on any atom is -0.340 e. The van der Waals surface area contributed by atoms with E-state index in [1.165, 1.54) is 44.9 Å². The van der Waals surface area contributed by atoms with Crippen LogP contribution < -0.4 is 5.32 Å². The molecule has 4 nitrogen and oxygen atoms in total. The molecule has 2 saturated carbocycles. The molecule has 0 spiro atoms. The first kappa shape index (κ1) is 15.9. The van der Waals surface area contributed by atoms with Crippen LogP contribution in [0.5, 0.6) is 0 Å². The Morgan fingerprint density at radius 1 is 0.870 bits per heavy atom. The van der Waals surface area contributed by atoms with E-state index in [0.29, 0.717) is 17.9 Å². The van der Waals surface area contributed by atoms with E-state index < -0.39 is 0 Å². The summed E-state index contributed by atoms with van der Waals surface area (Å²) in [6, 6.07) is 0.713. The van der Waals surface area contributed by atoms with Crippen LogP contribution in [0, 0.1) is 17.8 Å². The zero-order chi connectivity index (χ0) is 15.6. The first-order valence-corrected chi connectivity index (χ1v) is 10.0. The van der Waals surface area contributed by atoms with Crippen LogP contribution in [-0.2, 0) is 4.79 Å². The maximum atomic E-state index is 13.0. The molecule has 0 aromatic rings. The quantitative estimate of drug-likeness (QED) is 0.847. The smallest absolute Gasteiger partial charge is 0.225 e. The second-order valence-electron chi connectivity index (χ2n) is 8.32. The molecule has 23 heavy (non-hydrogen) atoms. The van der Waals surface area contributed by atoms with Crippen LogP contribution >= 0.6 is 0 Å². The van der Waals surface area contributed by atoms with Gasteiger partial charge in [0.15, 0.2) is 0 Å². The third kappa shape index (κ3) is 3.43. The molecule has 0 aromatic heterocycles. The van der Waals surface area contributed by atoms with Crippen LogP contribution in [0.25, 0.3) is 0 Å². The Morgan fingerprint density at radius 2 is 1.65 bits per heavy atom. The second kappa shape index (κ2) is 7.10. The van der Waals surface area contributed by atoms with E-state index in [1.54, 1.807) is 0 Å². The molecule has 0 aromatic carbocycles. The lowest BCUT2D eigenvalue weighted by molar-refractivity contribution is -0.140. The van der Waals surface area contributed by atoms with E-state index in [1.807, 2.05) is 0 Å². The number of hydrogen-bond donors (Lipinski definition) is 1. The summed E-state index contributed by atoms with van der Waals surface area (Å²) in [4.78, 5) is 17.7. The molecule has 4 fully saturated rings. The summed E-state index contributed by atoms with van der Waals surface area (Å²) < 4.78 is 0. The van der Waals surface area contributed by atoms with E-state index in [-0.39, 0.29) is 0 Å². The molecule has 0 radical (unpaired) electrons. The van der Waals surface area contributed by atoms with Crippen molar-refractivity contribution in [3.63, 3.8) is 0 Å². The van der Waals surface area contributed by atoms with Gasteiger partial charge in [0.2, 0.25) is 5.91 Å². The molecule has 1 amide bonds. The van der Waals surface area contributed by atoms with Crippen LogP contribution in [0.2, 0.25) is 0 Å². The highest BCUT2D eigenvalue weighted by Crippen LogP contribution is 2.43. The number of nitrogens with one attached hydrogen (secondary N) is 1. The lowest BCUT2D eigenvalue weighted by Gasteiger charge is -2.42. The van der Waals surface area contributed by atoms with Gasteiger partial charge in [0, 0.05) is 44.7 Å². The van der Waals surface area contributed by atoms with Gasteiger partial charge in [-0.3, -0.25) is 9.69 Å². The second-order valence-corrected chi connectivity index (χ2v) is 8.32. The SMILES string of the molecule is O=C(C1CCC2CCCCC2C1)N1CCN(C2CCNC2)CC1. The van der Waals surface area contributed by atoms with Gasteiger partial charge in [0.1, 0.15) is 0 Å². The number of rotatable bonds is 2. The fraction of sp³-hybridized carbons (Fsp3) is 0.947. The topological polar surface area (TPSA) is 35.6 Å². The Bertz CT molecular complexity index is 413. The number of amides is 1. The molecule has 2 saturated heterocycles. The minimum absolute atomic E-state index is 0.342. The normalized spacial score (nSPS) is 39.2. The molecule has 4 heteroatoms. The van der Waals surface area contributed by atoms with Gasteiger partial charge in [-0.2, -0.15) is 0 Å². The summed E-state index contributed by atoms with van der Waals surface area (Å²) in [6.45, 7) is 6.38. The maximum absolute atomic E-state index is 13.0. The van der Waals surface area contributed by atoms with Crippen molar-refractivity contribution in [3.05, 3.63) is 0 Å². The van der Waals surface area contributed by atoms with Crippen LogP contribution in [0.15, 0.2) is 0 Å². The van der Waals surface area contributed by atoms with Gasteiger partial charge in [-0.1, -0.05) is 25.7 Å². The van der Waals surface area contributed by atoms with E-state index >= 15 is 0 Å². The van der Waals surface area contributed by atoms with Crippen LogP contribution in [0.4, 0.5) is 0 Å². The minimum atomic E-state index is 0.342. The van der Waals surface area contributed by atoms with Crippen molar-refractivity contribution in [3.8, 4) is 0 Å². The summed E-state index contributed by atoms with van der Waals surface area (Å²) in [5.74, 6) is 2.63. The Balaban J connectivity index is 1.28. The Morgan fingerprint density at radius 3 is 2.39 bits per heavy atom. The van der Waals surface area contributed by atoms with Gasteiger partial charge in [-0.25, -0.2) is 0 Å². The first-order chi connectivity index (χ1) is 11.3. The molecule has 4 atom stereocenters. The standard InChI is InChI=1S/C19H33N3O/c23-19(17-6-5-15-3-1-2-4-16(15)13-17)22-11-9-21(10-12-22)18-7-8-20-14-18/h15-18,20H,1-14H2. The lowest BCUT2D eigenvalue weighted by Crippen LogP contribution is -2.54. The first-order valence-electron chi connectivity index (χ1n) is 10.0. The average Bonchev–Trinajstić information content (AvgIpc) is 3.15. The fourth-order valence-electron chi connectivity index (χ4n) is 5.61. The van der Waals surface area contributed by atoms with E-state index in [9.17, 15) is 4.79 Å². The summed E-state index contributed by atoms with van der Waals surface area (Å²) in [5.41, 5.74) is 0. The molecule has 2 aliphatic heterocycles. The van der Waals surface area contributed by atoms with Gasteiger partial charge in [0.25, 0.3) is 0 Å². The fourth-order valence-corrected chi connectivity index (χ4v) is 5.61. The van der Waals surface area contributed by atoms with Gasteiger partial charge >= 0.3 is 0 Å². The van der Waals surface area contributed by atoms with Gasteiger partial charge in [-0.15, -0.1) is 0 Å². The van der Waals surface area contributed by atoms with E-state index in [4.69, 9.17) is 0 Å². The van der Waals surface area contributed by atoms with Gasteiger partial charge in [-0.05, 0) is 44.1 Å². The number of piperazine rings is 1. The van der Waals surface area contributed by atoms with E-state index in [0.717, 1.165) is 57.5 Å². The Labute approximate surface area is 141 Å². The van der Waals surface area contributed by atoms with Crippen molar-refractivity contribution in [1.29, 1.82) is 0 Å². The highest BCUT2D eigenvalue weighted by Gasteiger charge is 2.37. The largest absolute Gasteiger partial charge is 0.340 e. The Kier molecular flexibility index (Phi) is 4.91. The van der Waals surface area contributed by atoms with Gasteiger partial charge < -0.3 is 10.2 Å². The zero-order valence-corrected chi connectivity index (χ0v) is 14.5. The summed E-state index contributed by atoms with van der Waals surface area (Å²) >= 11 is 0. The summed E-state index contributed by atoms with van der Waals surface area (Å²) in [5, 5.41) is 3.46. The molecule has 4 aliphatic rings. The predicted octanol–water partition coefficient (Wildman–Crippen LogP) is 2.10. The number of fused-ring (bicyclic) bond motifs is 1. The summed E-state index contributed by atoms with van der Waals surface area (Å²) in [7, 11) is 0. The van der Waals surface area contributed by atoms with Crippen molar-refractivity contribution in [1.82, 2.24) is 15.1 Å². The van der Waals surface area contributed by atoms with Gasteiger partial charge in [0.05, 0.1) is 0 Å². The molecule has 0 bridgehead atoms. The third-order valence-corrected chi connectivity index (χ3v) is 7.07. The predicted molar refractivity (Wildman–Crippen MR) is 92.2 cm³/mol. The Hall–Kier alpha value is -0.610. The summed E-state index contributed by atoms with van der Waals surface area (Å²) in [6.07, 6.45) is 10.6. The van der Waals surface area contributed by atoms with Crippen LogP contribution in [0.1, 0.15) is 51.4 Å². The van der Waals surface area contributed by atoms with Crippen LogP contribution in [-0.4, -0.2) is 61.0 Å². The third-order valence-electron chi connectivity index (χ3n) is 7.07. The highest BCUT2D eigenvalue weighted by molar-refractivity contribution is 5.79. The van der Waals surface area contributed by atoms with Crippen molar-refractivity contribution in [2.45, 2.75) is 57.4 Å².